The molecule has 0 saturated carbocycles. The van der Waals surface area contributed by atoms with E-state index in [4.69, 9.17) is 4.74 Å². The Labute approximate surface area is 201 Å². The number of hydrogen-bond donors (Lipinski definition) is 3. The first-order valence-corrected chi connectivity index (χ1v) is 11.2. The molecule has 2 aromatic carbocycles. The van der Waals surface area contributed by atoms with Crippen LogP contribution in [-0.4, -0.2) is 53.2 Å². The molecule has 3 amide bonds. The van der Waals surface area contributed by atoms with Crippen molar-refractivity contribution >= 4 is 17.9 Å². The van der Waals surface area contributed by atoms with Crippen molar-refractivity contribution in [3.05, 3.63) is 70.8 Å². The Hall–Kier alpha value is -3.39. The molecule has 0 spiro atoms. The summed E-state index contributed by atoms with van der Waals surface area (Å²) in [4.78, 5) is 40.0. The Bertz CT molecular complexity index is 981. The van der Waals surface area contributed by atoms with Crippen LogP contribution in [0.1, 0.15) is 49.1 Å². The number of carbonyl (C=O) groups excluding carboxylic acids is 3. The molecule has 0 bridgehead atoms. The summed E-state index contributed by atoms with van der Waals surface area (Å²) in [6, 6.07) is 12.9. The van der Waals surface area contributed by atoms with Crippen molar-refractivity contribution < 1.29 is 24.2 Å². The highest BCUT2D eigenvalue weighted by molar-refractivity contribution is 5.92. The van der Waals surface area contributed by atoms with Gasteiger partial charge in [-0.1, -0.05) is 59.7 Å². The number of rotatable bonds is 8. The van der Waals surface area contributed by atoms with E-state index in [1.807, 2.05) is 62.4 Å². The summed E-state index contributed by atoms with van der Waals surface area (Å²) in [7, 11) is 1.48. The van der Waals surface area contributed by atoms with Gasteiger partial charge in [-0.25, -0.2) is 4.79 Å². The van der Waals surface area contributed by atoms with Gasteiger partial charge < -0.3 is 25.4 Å². The van der Waals surface area contributed by atoms with E-state index in [2.05, 4.69) is 10.6 Å². The van der Waals surface area contributed by atoms with Gasteiger partial charge in [0.25, 0.3) is 0 Å². The number of alkyl carbamates (subject to hydrolysis) is 1. The fourth-order valence-electron chi connectivity index (χ4n) is 3.61. The van der Waals surface area contributed by atoms with Crippen molar-refractivity contribution in [2.24, 2.45) is 0 Å². The topological polar surface area (TPSA) is 108 Å². The van der Waals surface area contributed by atoms with Gasteiger partial charge in [0.1, 0.15) is 17.7 Å². The Morgan fingerprint density at radius 1 is 1.03 bits per heavy atom. The molecule has 8 nitrogen and oxygen atoms in total. The number of hydrogen-bond acceptors (Lipinski definition) is 5. The molecule has 0 aliphatic heterocycles. The van der Waals surface area contributed by atoms with Gasteiger partial charge in [-0.2, -0.15) is 0 Å². The lowest BCUT2D eigenvalue weighted by atomic mass is 9.99. The summed E-state index contributed by atoms with van der Waals surface area (Å²) in [6.07, 6.45) is -0.829. The third-order valence-electron chi connectivity index (χ3n) is 5.02. The van der Waals surface area contributed by atoms with Gasteiger partial charge in [-0.05, 0) is 45.7 Å². The highest BCUT2D eigenvalue weighted by Crippen LogP contribution is 2.24. The minimum absolute atomic E-state index is 0.294. The average molecular weight is 470 g/mol. The highest BCUT2D eigenvalue weighted by Gasteiger charge is 2.34. The second-order valence-electron chi connectivity index (χ2n) is 9.36. The number of nitrogens with zero attached hydrogens (tertiary/aromatic N) is 1. The molecule has 0 aromatic heterocycles. The van der Waals surface area contributed by atoms with Crippen LogP contribution in [0.15, 0.2) is 48.5 Å². The maximum absolute atomic E-state index is 13.3. The van der Waals surface area contributed by atoms with Crippen LogP contribution >= 0.6 is 0 Å². The van der Waals surface area contributed by atoms with Gasteiger partial charge in [0.05, 0.1) is 6.61 Å². The number of aryl methyl sites for hydroxylation is 2. The summed E-state index contributed by atoms with van der Waals surface area (Å²) in [5, 5.41) is 15.1. The molecule has 2 atom stereocenters. The Morgan fingerprint density at radius 2 is 1.62 bits per heavy atom. The molecule has 2 unspecified atom stereocenters. The summed E-state index contributed by atoms with van der Waals surface area (Å²) < 4.78 is 5.20. The second-order valence-corrected chi connectivity index (χ2v) is 9.36. The molecule has 0 fully saturated rings. The zero-order valence-electron chi connectivity index (χ0n) is 20.7. The largest absolute Gasteiger partial charge is 0.444 e. The Balaban J connectivity index is 2.29. The smallest absolute Gasteiger partial charge is 0.408 e. The Kier molecular flexibility index (Phi) is 9.20. The lowest BCUT2D eigenvalue weighted by Crippen LogP contribution is -2.53. The first kappa shape index (κ1) is 26.9. The third kappa shape index (κ3) is 7.88. The molecule has 2 rings (SSSR count). The number of ether oxygens (including phenoxy) is 1. The van der Waals surface area contributed by atoms with Crippen LogP contribution in [0, 0.1) is 13.8 Å². The van der Waals surface area contributed by atoms with E-state index in [1.54, 1.807) is 20.8 Å². The maximum Gasteiger partial charge on any atom is 0.408 e. The van der Waals surface area contributed by atoms with Crippen LogP contribution in [0.5, 0.6) is 0 Å². The number of benzene rings is 2. The molecule has 0 aliphatic carbocycles. The third-order valence-corrected chi connectivity index (χ3v) is 5.02. The number of amides is 3. The quantitative estimate of drug-likeness (QED) is 0.551. The highest BCUT2D eigenvalue weighted by atomic mass is 16.6. The molecule has 184 valence electrons. The molecule has 0 heterocycles. The first-order valence-electron chi connectivity index (χ1n) is 11.2. The summed E-state index contributed by atoms with van der Waals surface area (Å²) in [5.41, 5.74) is 2.68. The number of nitrogens with one attached hydrogen (secondary N) is 2. The Morgan fingerprint density at radius 3 is 2.15 bits per heavy atom. The molecule has 0 saturated heterocycles. The van der Waals surface area contributed by atoms with Gasteiger partial charge in [0.15, 0.2) is 0 Å². The van der Waals surface area contributed by atoms with E-state index in [1.165, 1.54) is 11.9 Å². The van der Waals surface area contributed by atoms with Crippen molar-refractivity contribution in [2.45, 2.75) is 58.8 Å². The summed E-state index contributed by atoms with van der Waals surface area (Å²) in [5.74, 6) is -0.994. The molecule has 2 aromatic rings. The van der Waals surface area contributed by atoms with E-state index in [9.17, 15) is 19.5 Å². The maximum atomic E-state index is 13.3. The minimum Gasteiger partial charge on any atom is -0.444 e. The van der Waals surface area contributed by atoms with E-state index < -0.39 is 36.3 Å². The van der Waals surface area contributed by atoms with E-state index >= 15 is 0 Å². The van der Waals surface area contributed by atoms with E-state index in [-0.39, 0.29) is 5.91 Å². The van der Waals surface area contributed by atoms with E-state index in [0.717, 1.165) is 16.7 Å². The predicted molar refractivity (Wildman–Crippen MR) is 130 cm³/mol. The van der Waals surface area contributed by atoms with Crippen LogP contribution in [0.2, 0.25) is 0 Å². The number of aliphatic hydroxyl groups is 1. The van der Waals surface area contributed by atoms with Gasteiger partial charge in [-0.15, -0.1) is 0 Å². The monoisotopic (exact) mass is 469 g/mol. The van der Waals surface area contributed by atoms with Crippen molar-refractivity contribution in [1.29, 1.82) is 0 Å². The molecular weight excluding hydrogens is 434 g/mol. The lowest BCUT2D eigenvalue weighted by molar-refractivity contribution is -0.141. The average Bonchev–Trinajstić information content (AvgIpc) is 2.74. The molecule has 34 heavy (non-hydrogen) atoms. The fourth-order valence-corrected chi connectivity index (χ4v) is 3.61. The molecule has 8 heteroatoms. The number of likely N-dealkylation sites (N-methyl/N-ethyl adjacent to an activating group) is 1. The standard InChI is InChI=1S/C26H35N3O5/c1-17-12-18(2)14-20(13-17)22(23(31)27-15-19-10-8-7-9-11-19)29(6)24(32)21(16-30)28-25(33)34-26(3,4)5/h7-14,21-22,30H,15-16H2,1-6H3,(H,27,31)(H,28,33). The van der Waals surface area contributed by atoms with Crippen molar-refractivity contribution in [1.82, 2.24) is 15.5 Å². The summed E-state index contributed by atoms with van der Waals surface area (Å²) >= 11 is 0. The molecule has 3 N–H and O–H groups in total. The van der Waals surface area contributed by atoms with Gasteiger partial charge in [0.2, 0.25) is 11.8 Å². The predicted octanol–water partition coefficient (Wildman–Crippen LogP) is 3.00. The minimum atomic E-state index is -1.27. The van der Waals surface area contributed by atoms with Gasteiger partial charge >= 0.3 is 6.09 Å². The molecular formula is C26H35N3O5. The molecule has 0 radical (unpaired) electrons. The van der Waals surface area contributed by atoms with Crippen molar-refractivity contribution in [3.63, 3.8) is 0 Å². The van der Waals surface area contributed by atoms with Crippen molar-refractivity contribution in [2.75, 3.05) is 13.7 Å². The number of carbonyl (C=O) groups is 3. The normalized spacial score (nSPS) is 12.9. The van der Waals surface area contributed by atoms with Crippen LogP contribution in [0.3, 0.4) is 0 Å². The van der Waals surface area contributed by atoms with Gasteiger partial charge in [0, 0.05) is 13.6 Å². The zero-order valence-corrected chi connectivity index (χ0v) is 20.7. The van der Waals surface area contributed by atoms with Gasteiger partial charge in [-0.3, -0.25) is 9.59 Å². The lowest BCUT2D eigenvalue weighted by Gasteiger charge is -2.31. The second kappa shape index (κ2) is 11.7. The fraction of sp³-hybridized carbons (Fsp3) is 0.423. The SMILES string of the molecule is Cc1cc(C)cc(C(C(=O)NCc2ccccc2)N(C)C(=O)C(CO)NC(=O)OC(C)(C)C)c1. The zero-order chi connectivity index (χ0) is 25.5. The summed E-state index contributed by atoms with van der Waals surface area (Å²) in [6.45, 7) is 8.57. The van der Waals surface area contributed by atoms with E-state index in [0.29, 0.717) is 12.1 Å². The molecule has 0 aliphatic rings. The van der Waals surface area contributed by atoms with Crippen LogP contribution in [0.4, 0.5) is 4.79 Å². The van der Waals surface area contributed by atoms with Crippen LogP contribution in [0.25, 0.3) is 0 Å². The van der Waals surface area contributed by atoms with Crippen LogP contribution in [-0.2, 0) is 20.9 Å². The first-order chi connectivity index (χ1) is 15.9. The number of aliphatic hydroxyl groups excluding tert-OH is 1. The van der Waals surface area contributed by atoms with Crippen molar-refractivity contribution in [3.8, 4) is 0 Å². The van der Waals surface area contributed by atoms with Crippen LogP contribution < -0.4 is 10.6 Å².